The molecule has 0 saturated carbocycles. The first-order valence-corrected chi connectivity index (χ1v) is 30.0. The zero-order chi connectivity index (χ0) is 51.1. The number of ether oxygens (including phenoxy) is 2. The first kappa shape index (κ1) is 67.1. The van der Waals surface area contributed by atoms with Crippen molar-refractivity contribution in [2.45, 2.75) is 271 Å². The summed E-state index contributed by atoms with van der Waals surface area (Å²) in [4.78, 5) is 28.4. The molecule has 0 aromatic heterocycles. The van der Waals surface area contributed by atoms with Crippen molar-refractivity contribution in [3.05, 3.63) is 72.9 Å². The highest BCUT2D eigenvalue weighted by molar-refractivity contribution is 5.70. The van der Waals surface area contributed by atoms with Crippen molar-refractivity contribution in [3.8, 4) is 0 Å². The lowest BCUT2D eigenvalue weighted by Gasteiger charge is -2.27. The Bertz CT molecular complexity index is 1260. The van der Waals surface area contributed by atoms with Gasteiger partial charge in [-0.25, -0.2) is 4.79 Å². The molecule has 0 bridgehead atoms. The number of amides is 1. The molecule has 6 heteroatoms. The predicted molar refractivity (Wildman–Crippen MR) is 307 cm³/mol. The summed E-state index contributed by atoms with van der Waals surface area (Å²) in [5.41, 5.74) is 0. The van der Waals surface area contributed by atoms with Crippen molar-refractivity contribution >= 4 is 12.1 Å². The summed E-state index contributed by atoms with van der Waals surface area (Å²) < 4.78 is 12.5. The van der Waals surface area contributed by atoms with E-state index >= 15 is 0 Å². The molecule has 0 spiro atoms. The molecule has 0 atom stereocenters. The van der Waals surface area contributed by atoms with Crippen LogP contribution < -0.4 is 0 Å². The lowest BCUT2D eigenvalue weighted by molar-refractivity contribution is -0.870. The summed E-state index contributed by atoms with van der Waals surface area (Å²) in [6.45, 7) is 8.66. The van der Waals surface area contributed by atoms with Gasteiger partial charge in [-0.3, -0.25) is 9.69 Å². The molecule has 70 heavy (non-hydrogen) atoms. The molecule has 0 unspecified atom stereocenters. The summed E-state index contributed by atoms with van der Waals surface area (Å²) in [7, 11) is 6.48. The smallest absolute Gasteiger partial charge is 0.412 e. The van der Waals surface area contributed by atoms with Crippen LogP contribution in [0.25, 0.3) is 0 Å². The fourth-order valence-corrected chi connectivity index (χ4v) is 8.75. The van der Waals surface area contributed by atoms with Crippen LogP contribution in [-0.2, 0) is 14.3 Å². The average molecular weight is 979 g/mol. The van der Waals surface area contributed by atoms with E-state index in [2.05, 4.69) is 115 Å². The Morgan fingerprint density at radius 2 is 0.757 bits per heavy atom. The zero-order valence-electron chi connectivity index (χ0n) is 47.4. The van der Waals surface area contributed by atoms with Crippen LogP contribution in [0.1, 0.15) is 271 Å². The van der Waals surface area contributed by atoms with Crippen LogP contribution in [-0.4, -0.2) is 69.0 Å². The van der Waals surface area contributed by atoms with Crippen LogP contribution in [0, 0.1) is 5.92 Å². The monoisotopic (exact) mass is 978 g/mol. The van der Waals surface area contributed by atoms with Gasteiger partial charge in [0, 0.05) is 19.4 Å². The Morgan fingerprint density at radius 3 is 1.13 bits per heavy atom. The molecule has 0 aliphatic rings. The van der Waals surface area contributed by atoms with Gasteiger partial charge in [0.05, 0.1) is 34.3 Å². The molecule has 0 saturated heterocycles. The minimum Gasteiger partial charge on any atom is -0.449 e. The highest BCUT2D eigenvalue weighted by atomic mass is 16.6. The van der Waals surface area contributed by atoms with Gasteiger partial charge < -0.3 is 14.0 Å². The summed E-state index contributed by atoms with van der Waals surface area (Å²) in [5, 5.41) is 0. The Labute approximate surface area is 436 Å². The molecule has 1 amide bonds. The van der Waals surface area contributed by atoms with Gasteiger partial charge in [0.15, 0.2) is 6.73 Å². The molecular weight excluding hydrogens is 861 g/mol. The van der Waals surface area contributed by atoms with Crippen LogP contribution in [0.4, 0.5) is 4.79 Å². The van der Waals surface area contributed by atoms with Crippen molar-refractivity contribution in [1.29, 1.82) is 0 Å². The van der Waals surface area contributed by atoms with E-state index in [4.69, 9.17) is 9.47 Å². The van der Waals surface area contributed by atoms with Gasteiger partial charge in [-0.2, -0.15) is 0 Å². The second-order valence-corrected chi connectivity index (χ2v) is 21.4. The van der Waals surface area contributed by atoms with Crippen LogP contribution in [0.5, 0.6) is 0 Å². The molecule has 6 nitrogen and oxygen atoms in total. The fraction of sp³-hybridized carbons (Fsp3) is 0.781. The number of carbonyl (C=O) groups is 2. The van der Waals surface area contributed by atoms with E-state index in [9.17, 15) is 9.59 Å². The maximum Gasteiger partial charge on any atom is 0.412 e. The number of quaternary nitrogens is 1. The normalized spacial score (nSPS) is 12.5. The van der Waals surface area contributed by atoms with E-state index in [0.717, 1.165) is 75.2 Å². The quantitative estimate of drug-likeness (QED) is 0.0200. The SMILES string of the molecule is CCCCC/C=C\C/C=C\CCCCCCCCC(CCCCCCCC/C=C\C/C=C\CCCCC)CN(COC(=O)CCCCCCC/C=C\C/C=C\CCCCC)C(=O)OCCC[N+](C)(C)C. The summed E-state index contributed by atoms with van der Waals surface area (Å²) in [6.07, 6.45) is 73.5. The van der Waals surface area contributed by atoms with Crippen LogP contribution in [0.3, 0.4) is 0 Å². The number of unbranched alkanes of at least 4 members (excludes halogenated alkanes) is 26. The van der Waals surface area contributed by atoms with Gasteiger partial charge >= 0.3 is 12.1 Å². The summed E-state index contributed by atoms with van der Waals surface area (Å²) in [6, 6.07) is 0. The number of hydrogen-bond donors (Lipinski definition) is 0. The van der Waals surface area contributed by atoms with Crippen molar-refractivity contribution in [2.24, 2.45) is 5.92 Å². The predicted octanol–water partition coefficient (Wildman–Crippen LogP) is 19.9. The zero-order valence-corrected chi connectivity index (χ0v) is 47.4. The molecule has 0 rings (SSSR count). The van der Waals surface area contributed by atoms with Gasteiger partial charge in [0.25, 0.3) is 0 Å². The Balaban J connectivity index is 5.09. The largest absolute Gasteiger partial charge is 0.449 e. The number of rotatable bonds is 52. The molecule has 0 aliphatic carbocycles. The number of nitrogens with zero attached hydrogens (tertiary/aromatic N) is 2. The first-order valence-electron chi connectivity index (χ1n) is 30.0. The van der Waals surface area contributed by atoms with Crippen molar-refractivity contribution < 1.29 is 23.5 Å². The first-order chi connectivity index (χ1) is 34.2. The molecule has 0 heterocycles. The van der Waals surface area contributed by atoms with Crippen LogP contribution in [0.15, 0.2) is 72.9 Å². The van der Waals surface area contributed by atoms with E-state index in [1.54, 1.807) is 4.90 Å². The minimum atomic E-state index is -0.342. The molecule has 0 aromatic carbocycles. The third kappa shape index (κ3) is 53.0. The van der Waals surface area contributed by atoms with Crippen molar-refractivity contribution in [2.75, 3.05) is 47.6 Å². The standard InChI is InChI=1S/C64H117N2O4/c1-7-10-13-16-19-22-25-28-31-34-36-39-42-45-48-51-55-62(56-52-49-46-43-40-37-35-32-29-26-23-20-17-14-11-8-2)60-65(64(68)69-59-54-58-66(4,5)6)61-70-63(67)57-53-50-47-44-41-38-33-30-27-24-21-18-15-12-9-3/h19-24,28-33,62H,7-18,25-27,34-61H2,1-6H3/q+1/b22-19-,23-20-,24-21-,31-28-,32-29-,33-30-. The van der Waals surface area contributed by atoms with E-state index in [0.29, 0.717) is 25.5 Å². The minimum absolute atomic E-state index is 0.0167. The summed E-state index contributed by atoms with van der Waals surface area (Å²) in [5.74, 6) is 0.163. The maximum absolute atomic E-state index is 13.7. The van der Waals surface area contributed by atoms with E-state index in [1.165, 1.54) is 180 Å². The number of allylic oxidation sites excluding steroid dienone is 12. The molecule has 406 valence electrons. The highest BCUT2D eigenvalue weighted by Gasteiger charge is 2.22. The molecular formula is C64H117N2O4+. The van der Waals surface area contributed by atoms with Crippen molar-refractivity contribution in [3.63, 3.8) is 0 Å². The molecule has 0 N–H and O–H groups in total. The number of esters is 1. The Kier molecular flexibility index (Phi) is 51.7. The molecule has 0 fully saturated rings. The second kappa shape index (κ2) is 53.9. The van der Waals surface area contributed by atoms with E-state index < -0.39 is 0 Å². The number of carbonyl (C=O) groups excluding carboxylic acids is 2. The topological polar surface area (TPSA) is 55.8 Å². The van der Waals surface area contributed by atoms with Gasteiger partial charge in [-0.15, -0.1) is 0 Å². The Morgan fingerprint density at radius 1 is 0.414 bits per heavy atom. The van der Waals surface area contributed by atoms with Gasteiger partial charge in [0.2, 0.25) is 0 Å². The van der Waals surface area contributed by atoms with Crippen LogP contribution in [0.2, 0.25) is 0 Å². The molecule has 0 radical (unpaired) electrons. The van der Waals surface area contributed by atoms with Gasteiger partial charge in [0.1, 0.15) is 0 Å². The maximum atomic E-state index is 13.7. The van der Waals surface area contributed by atoms with Gasteiger partial charge in [-0.05, 0) is 121 Å². The lowest BCUT2D eigenvalue weighted by atomic mass is 9.93. The fourth-order valence-electron chi connectivity index (χ4n) is 8.75. The average Bonchev–Trinajstić information content (AvgIpc) is 3.34. The van der Waals surface area contributed by atoms with Crippen LogP contribution >= 0.6 is 0 Å². The second-order valence-electron chi connectivity index (χ2n) is 21.4. The lowest BCUT2D eigenvalue weighted by Crippen LogP contribution is -2.39. The Hall–Kier alpha value is -2.86. The molecule has 0 aliphatic heterocycles. The summed E-state index contributed by atoms with van der Waals surface area (Å²) >= 11 is 0. The van der Waals surface area contributed by atoms with Crippen molar-refractivity contribution in [1.82, 2.24) is 4.90 Å². The highest BCUT2D eigenvalue weighted by Crippen LogP contribution is 2.22. The molecule has 0 aromatic rings. The van der Waals surface area contributed by atoms with E-state index in [-0.39, 0.29) is 18.8 Å². The third-order valence-corrected chi connectivity index (χ3v) is 13.3. The van der Waals surface area contributed by atoms with E-state index in [1.807, 2.05) is 0 Å². The number of hydrogen-bond acceptors (Lipinski definition) is 4. The third-order valence-electron chi connectivity index (χ3n) is 13.3. The van der Waals surface area contributed by atoms with Gasteiger partial charge in [-0.1, -0.05) is 216 Å².